The third kappa shape index (κ3) is 5.73. The van der Waals surface area contributed by atoms with E-state index in [1.165, 1.54) is 0 Å². The van der Waals surface area contributed by atoms with Crippen molar-refractivity contribution in [2.24, 2.45) is 0 Å². The predicted molar refractivity (Wildman–Crippen MR) is 90.4 cm³/mol. The Morgan fingerprint density at radius 3 is 2.22 bits per heavy atom. The highest BCUT2D eigenvalue weighted by Gasteiger charge is 2.23. The second kappa shape index (κ2) is 6.93. The maximum absolute atomic E-state index is 11.8. The molecule has 0 aliphatic rings. The molecular weight excluding hydrogens is 456 g/mol. The lowest BCUT2D eigenvalue weighted by molar-refractivity contribution is 0.0508. The summed E-state index contributed by atoms with van der Waals surface area (Å²) in [5, 5.41) is 2.91. The molecule has 0 radical (unpaired) electrons. The summed E-state index contributed by atoms with van der Waals surface area (Å²) in [4.78, 5) is 11.8. The van der Waals surface area contributed by atoms with Crippen molar-refractivity contribution in [3.8, 4) is 0 Å². The van der Waals surface area contributed by atoms with E-state index in [9.17, 15) is 4.79 Å². The zero-order valence-electron chi connectivity index (χ0n) is 10.6. The number of benzene rings is 1. The monoisotopic (exact) mass is 473 g/mol. The second-order valence-corrected chi connectivity index (χ2v) is 9.94. The summed E-state index contributed by atoms with van der Waals surface area (Å²) in [6.45, 7) is 5.57. The number of amides is 1. The molecule has 1 atom stereocenters. The lowest BCUT2D eigenvalue weighted by atomic mass is 10.1. The van der Waals surface area contributed by atoms with Crippen LogP contribution >= 0.6 is 45.2 Å². The summed E-state index contributed by atoms with van der Waals surface area (Å²) >= 11 is 4.59. The molecule has 0 heterocycles. The molecule has 1 unspecified atom stereocenters. The summed E-state index contributed by atoms with van der Waals surface area (Å²) in [7, 11) is 0. The van der Waals surface area contributed by atoms with Crippen molar-refractivity contribution in [3.63, 3.8) is 0 Å². The van der Waals surface area contributed by atoms with Gasteiger partial charge in [-0.2, -0.15) is 0 Å². The number of carbonyl (C=O) groups is 1. The zero-order chi connectivity index (χ0) is 13.8. The minimum Gasteiger partial charge on any atom is -0.444 e. The van der Waals surface area contributed by atoms with Crippen LogP contribution in [-0.2, 0) is 4.74 Å². The van der Waals surface area contributed by atoms with Crippen LogP contribution in [0.2, 0.25) is 0 Å². The Kier molecular flexibility index (Phi) is 6.16. The lowest BCUT2D eigenvalue weighted by Gasteiger charge is -2.24. The van der Waals surface area contributed by atoms with Gasteiger partial charge in [-0.25, -0.2) is 4.79 Å². The molecule has 0 fully saturated rings. The van der Waals surface area contributed by atoms with Crippen molar-refractivity contribution < 1.29 is 9.53 Å². The molecule has 0 saturated heterocycles. The molecule has 1 aromatic carbocycles. The minimum atomic E-state index is -0.475. The van der Waals surface area contributed by atoms with E-state index in [4.69, 9.17) is 4.74 Å². The smallest absolute Gasteiger partial charge is 0.408 e. The third-order valence-corrected chi connectivity index (χ3v) is 3.52. The maximum Gasteiger partial charge on any atom is 0.408 e. The fourth-order valence-electron chi connectivity index (χ4n) is 1.39. The van der Waals surface area contributed by atoms with E-state index in [-0.39, 0.29) is 14.1 Å². The van der Waals surface area contributed by atoms with E-state index in [1.807, 2.05) is 51.1 Å². The van der Waals surface area contributed by atoms with Gasteiger partial charge < -0.3 is 10.1 Å². The molecule has 0 bridgehead atoms. The van der Waals surface area contributed by atoms with Gasteiger partial charge in [-0.3, -0.25) is 0 Å². The highest BCUT2D eigenvalue weighted by atomic mass is 127. The van der Waals surface area contributed by atoms with Crippen molar-refractivity contribution in [1.82, 2.24) is 5.32 Å². The largest absolute Gasteiger partial charge is 0.444 e. The number of ether oxygens (including phenoxy) is 1. The van der Waals surface area contributed by atoms with Gasteiger partial charge in [0.2, 0.25) is 0 Å². The first-order chi connectivity index (χ1) is 8.29. The first kappa shape index (κ1) is 16.0. The van der Waals surface area contributed by atoms with Crippen LogP contribution in [0.15, 0.2) is 30.3 Å². The third-order valence-electron chi connectivity index (χ3n) is 2.08. The van der Waals surface area contributed by atoms with Crippen molar-refractivity contribution >= 4 is 51.3 Å². The molecule has 1 aromatic rings. The Morgan fingerprint density at radius 2 is 1.78 bits per heavy atom. The molecule has 0 aliphatic heterocycles. The van der Waals surface area contributed by atoms with Gasteiger partial charge in [0.15, 0.2) is 0 Å². The molecule has 1 amide bonds. The van der Waals surface area contributed by atoms with E-state index in [0.717, 1.165) is 5.56 Å². The molecule has 1 rings (SSSR count). The average molecular weight is 473 g/mol. The Hall–Kier alpha value is -0.0500. The van der Waals surface area contributed by atoms with Gasteiger partial charge in [-0.1, -0.05) is 75.5 Å². The summed E-state index contributed by atoms with van der Waals surface area (Å²) in [6.07, 6.45) is -0.380. The van der Waals surface area contributed by atoms with Gasteiger partial charge in [0.1, 0.15) is 5.60 Å². The summed E-state index contributed by atoms with van der Waals surface area (Å²) in [6, 6.07) is 9.85. The van der Waals surface area contributed by atoms with Crippen molar-refractivity contribution in [3.05, 3.63) is 35.9 Å². The topological polar surface area (TPSA) is 38.3 Å². The molecular formula is C13H17I2NO2. The van der Waals surface area contributed by atoms with E-state index < -0.39 is 5.60 Å². The van der Waals surface area contributed by atoms with Crippen LogP contribution in [0.25, 0.3) is 0 Å². The molecule has 3 nitrogen and oxygen atoms in total. The van der Waals surface area contributed by atoms with Crippen LogP contribution in [0.1, 0.15) is 32.4 Å². The first-order valence-electron chi connectivity index (χ1n) is 5.62. The van der Waals surface area contributed by atoms with Crippen LogP contribution in [-0.4, -0.2) is 13.6 Å². The molecule has 0 saturated carbocycles. The highest BCUT2D eigenvalue weighted by Crippen LogP contribution is 2.28. The fraction of sp³-hybridized carbons (Fsp3) is 0.462. The van der Waals surface area contributed by atoms with Crippen LogP contribution in [0, 0.1) is 0 Å². The van der Waals surface area contributed by atoms with Crippen LogP contribution < -0.4 is 5.32 Å². The van der Waals surface area contributed by atoms with Gasteiger partial charge in [0.05, 0.1) is 7.97 Å². The van der Waals surface area contributed by atoms with Crippen molar-refractivity contribution in [2.75, 3.05) is 0 Å². The summed E-state index contributed by atoms with van der Waals surface area (Å²) in [5.74, 6) is 0. The Bertz CT molecular complexity index is 388. The van der Waals surface area contributed by atoms with Gasteiger partial charge in [-0.05, 0) is 26.3 Å². The number of nitrogens with one attached hydrogen (secondary N) is 1. The fourth-order valence-corrected chi connectivity index (χ4v) is 2.58. The quantitative estimate of drug-likeness (QED) is 0.521. The SMILES string of the molecule is CC(C)(C)OC(=O)NC(c1ccccc1)C(I)I. The van der Waals surface area contributed by atoms with Gasteiger partial charge in [0, 0.05) is 0 Å². The van der Waals surface area contributed by atoms with E-state index in [1.54, 1.807) is 0 Å². The number of hydrogen-bond donors (Lipinski definition) is 1. The number of alkyl carbamates (subject to hydrolysis) is 1. The van der Waals surface area contributed by atoms with Crippen LogP contribution in [0.5, 0.6) is 0 Å². The Balaban J connectivity index is 2.74. The van der Waals surface area contributed by atoms with Crippen molar-refractivity contribution in [1.29, 1.82) is 0 Å². The average Bonchev–Trinajstić information content (AvgIpc) is 2.24. The van der Waals surface area contributed by atoms with Gasteiger partial charge in [-0.15, -0.1) is 0 Å². The summed E-state index contributed by atoms with van der Waals surface area (Å²) in [5.41, 5.74) is 0.606. The molecule has 0 aliphatic carbocycles. The molecule has 5 heteroatoms. The second-order valence-electron chi connectivity index (χ2n) is 4.87. The lowest BCUT2D eigenvalue weighted by Crippen LogP contribution is -2.36. The molecule has 0 aromatic heterocycles. The van der Waals surface area contributed by atoms with E-state index >= 15 is 0 Å². The molecule has 1 N–H and O–H groups in total. The molecule has 100 valence electrons. The first-order valence-corrected chi connectivity index (χ1v) is 8.11. The van der Waals surface area contributed by atoms with E-state index in [2.05, 4.69) is 50.5 Å². The number of carbonyl (C=O) groups excluding carboxylic acids is 1. The number of hydrogen-bond acceptors (Lipinski definition) is 2. The molecule has 0 spiro atoms. The van der Waals surface area contributed by atoms with E-state index in [0.29, 0.717) is 0 Å². The van der Waals surface area contributed by atoms with Gasteiger partial charge in [0.25, 0.3) is 0 Å². The number of rotatable bonds is 3. The summed E-state index contributed by atoms with van der Waals surface area (Å²) < 4.78 is 5.53. The Labute approximate surface area is 135 Å². The standard InChI is InChI=1S/C13H17I2NO2/c1-13(2,3)18-12(17)16-10(11(14)15)9-7-5-4-6-8-9/h4-8,10-11H,1-3H3,(H,16,17). The van der Waals surface area contributed by atoms with Gasteiger partial charge >= 0.3 is 6.09 Å². The van der Waals surface area contributed by atoms with Crippen LogP contribution in [0.4, 0.5) is 4.79 Å². The Morgan fingerprint density at radius 1 is 1.22 bits per heavy atom. The highest BCUT2D eigenvalue weighted by molar-refractivity contribution is 14.2. The zero-order valence-corrected chi connectivity index (χ0v) is 14.9. The maximum atomic E-state index is 11.8. The number of alkyl halides is 2. The normalized spacial score (nSPS) is 13.2. The minimum absolute atomic E-state index is 0.0535. The molecule has 18 heavy (non-hydrogen) atoms. The number of halogens is 2. The van der Waals surface area contributed by atoms with Crippen molar-refractivity contribution in [2.45, 2.75) is 34.3 Å². The van der Waals surface area contributed by atoms with Crippen LogP contribution in [0.3, 0.4) is 0 Å². The predicted octanol–water partition coefficient (Wildman–Crippen LogP) is 4.45.